The number of rotatable bonds is 6. The van der Waals surface area contributed by atoms with Crippen molar-refractivity contribution in [1.29, 1.82) is 0 Å². The summed E-state index contributed by atoms with van der Waals surface area (Å²) in [5.74, 6) is 2.52. The van der Waals surface area contributed by atoms with E-state index in [1.54, 1.807) is 0 Å². The van der Waals surface area contributed by atoms with Crippen LogP contribution in [0.3, 0.4) is 0 Å². The van der Waals surface area contributed by atoms with Gasteiger partial charge in [-0.25, -0.2) is 9.98 Å². The molecule has 0 bridgehead atoms. The van der Waals surface area contributed by atoms with Crippen LogP contribution in [0.15, 0.2) is 75.5 Å². The van der Waals surface area contributed by atoms with E-state index in [1.807, 2.05) is 24.5 Å². The fourth-order valence-electron chi connectivity index (χ4n) is 5.30. The summed E-state index contributed by atoms with van der Waals surface area (Å²) in [5, 5.41) is 8.17. The van der Waals surface area contributed by atoms with Gasteiger partial charge in [0, 0.05) is 47.5 Å². The first-order chi connectivity index (χ1) is 18.5. The van der Waals surface area contributed by atoms with Crippen LogP contribution < -0.4 is 10.6 Å². The monoisotopic (exact) mass is 507 g/mol. The number of piperidine rings is 1. The topological polar surface area (TPSA) is 89.8 Å². The lowest BCUT2D eigenvalue weighted by Crippen LogP contribution is -2.46. The van der Waals surface area contributed by atoms with Gasteiger partial charge in [-0.3, -0.25) is 9.98 Å². The summed E-state index contributed by atoms with van der Waals surface area (Å²) >= 11 is 0. The predicted molar refractivity (Wildman–Crippen MR) is 157 cm³/mol. The normalized spacial score (nSPS) is 25.7. The fraction of sp³-hybridized carbons (Fsp3) is 0.419. The largest absolute Gasteiger partial charge is 0.341 e. The maximum atomic E-state index is 5.29. The number of nitrogens with zero attached hydrogens (tertiary/aromatic N) is 4. The lowest BCUT2D eigenvalue weighted by molar-refractivity contribution is 0.222. The molecule has 1 aliphatic carbocycles. The van der Waals surface area contributed by atoms with E-state index in [0.717, 1.165) is 77.1 Å². The van der Waals surface area contributed by atoms with Gasteiger partial charge in [0.2, 0.25) is 0 Å². The molecule has 7 heteroatoms. The molecule has 0 amide bonds. The molecule has 2 fully saturated rings. The van der Waals surface area contributed by atoms with Crippen molar-refractivity contribution in [1.82, 2.24) is 20.6 Å². The van der Waals surface area contributed by atoms with Crippen LogP contribution in [-0.2, 0) is 0 Å². The molecule has 0 radical (unpaired) electrons. The van der Waals surface area contributed by atoms with Gasteiger partial charge in [0.25, 0.3) is 0 Å². The molecule has 4 heterocycles. The van der Waals surface area contributed by atoms with Gasteiger partial charge in [-0.2, -0.15) is 0 Å². The highest BCUT2D eigenvalue weighted by Gasteiger charge is 2.34. The molecule has 1 saturated carbocycles. The molecule has 1 saturated heterocycles. The maximum Gasteiger partial charge on any atom is 0.140 e. The van der Waals surface area contributed by atoms with Crippen LogP contribution in [0.4, 0.5) is 0 Å². The van der Waals surface area contributed by atoms with E-state index in [9.17, 15) is 0 Å². The average Bonchev–Trinajstić information content (AvgIpc) is 3.64. The minimum atomic E-state index is 0.0333. The van der Waals surface area contributed by atoms with Gasteiger partial charge in [-0.05, 0) is 68.2 Å². The van der Waals surface area contributed by atoms with Crippen molar-refractivity contribution in [3.8, 4) is 11.3 Å². The van der Waals surface area contributed by atoms with Crippen molar-refractivity contribution in [3.05, 3.63) is 66.1 Å². The highest BCUT2D eigenvalue weighted by molar-refractivity contribution is 6.16. The zero-order chi connectivity index (χ0) is 26.1. The molecule has 6 rings (SSSR count). The highest BCUT2D eigenvalue weighted by Crippen LogP contribution is 2.32. The first-order valence-electron chi connectivity index (χ1n) is 13.9. The molecular weight excluding hydrogens is 470 g/mol. The minimum Gasteiger partial charge on any atom is -0.341 e. The number of aromatic nitrogens is 2. The van der Waals surface area contributed by atoms with Gasteiger partial charge < -0.3 is 15.6 Å². The van der Waals surface area contributed by atoms with Crippen molar-refractivity contribution >= 4 is 28.9 Å². The Morgan fingerprint density at radius 1 is 1.11 bits per heavy atom. The van der Waals surface area contributed by atoms with Gasteiger partial charge in [-0.1, -0.05) is 44.2 Å². The molecule has 1 aromatic carbocycles. The smallest absolute Gasteiger partial charge is 0.140 e. The molecule has 0 spiro atoms. The maximum absolute atomic E-state index is 5.29. The van der Waals surface area contributed by atoms with E-state index >= 15 is 0 Å². The Kier molecular flexibility index (Phi) is 6.70. The molecule has 38 heavy (non-hydrogen) atoms. The van der Waals surface area contributed by atoms with E-state index < -0.39 is 0 Å². The Morgan fingerprint density at radius 3 is 2.74 bits per heavy atom. The number of benzene rings is 1. The highest BCUT2D eigenvalue weighted by atomic mass is 15.1. The van der Waals surface area contributed by atoms with Gasteiger partial charge >= 0.3 is 0 Å². The van der Waals surface area contributed by atoms with Crippen molar-refractivity contribution in [2.24, 2.45) is 32.2 Å². The zero-order valence-corrected chi connectivity index (χ0v) is 22.5. The number of aromatic amines is 1. The van der Waals surface area contributed by atoms with E-state index in [-0.39, 0.29) is 17.4 Å². The quantitative estimate of drug-likeness (QED) is 0.373. The van der Waals surface area contributed by atoms with Crippen LogP contribution in [0.5, 0.6) is 0 Å². The molecule has 196 valence electrons. The lowest BCUT2D eigenvalue weighted by Gasteiger charge is -2.37. The minimum absolute atomic E-state index is 0.0333. The summed E-state index contributed by atoms with van der Waals surface area (Å²) in [6.45, 7) is 8.70. The number of pyridine rings is 1. The standard InChI is InChI=1S/C31H37N7/c1-20-26(18-32-14-11-21-9-10-21)36-30(38-28(20)37-27-13-15-33-19-31(27,2)3)23-12-16-34-29-24(23)17-25(35-29)22-7-5-4-6-8-22/h4-8,12,14,16-18,20-21,27,33H,9-11,13,15,19H2,1-3H3,(H,34,35)(H,36,37,38)/b26-18+,32-14?. The molecule has 7 nitrogen and oxygen atoms in total. The third-order valence-corrected chi connectivity index (χ3v) is 8.03. The van der Waals surface area contributed by atoms with E-state index in [1.165, 1.54) is 12.8 Å². The number of H-pyrrole nitrogens is 1. The summed E-state index contributed by atoms with van der Waals surface area (Å²) in [7, 11) is 0. The number of amidine groups is 2. The molecule has 3 N–H and O–H groups in total. The number of hydrogen-bond acceptors (Lipinski definition) is 5. The van der Waals surface area contributed by atoms with Crippen LogP contribution in [0, 0.1) is 17.3 Å². The molecule has 2 atom stereocenters. The van der Waals surface area contributed by atoms with Crippen molar-refractivity contribution < 1.29 is 0 Å². The Balaban J connectivity index is 1.41. The second-order valence-corrected chi connectivity index (χ2v) is 11.5. The Bertz CT molecular complexity index is 1420. The van der Waals surface area contributed by atoms with Gasteiger partial charge in [0.05, 0.1) is 12.0 Å². The van der Waals surface area contributed by atoms with E-state index in [4.69, 9.17) is 9.98 Å². The average molecular weight is 508 g/mol. The third kappa shape index (κ3) is 5.20. The van der Waals surface area contributed by atoms with Gasteiger partial charge in [0.1, 0.15) is 17.3 Å². The summed E-state index contributed by atoms with van der Waals surface area (Å²) in [6, 6.07) is 14.8. The van der Waals surface area contributed by atoms with Crippen molar-refractivity contribution in [2.75, 3.05) is 13.1 Å². The van der Waals surface area contributed by atoms with E-state index in [0.29, 0.717) is 0 Å². The number of fused-ring (bicyclic) bond motifs is 1. The Morgan fingerprint density at radius 2 is 1.95 bits per heavy atom. The summed E-state index contributed by atoms with van der Waals surface area (Å²) < 4.78 is 0. The number of nitrogens with one attached hydrogen (secondary N) is 3. The summed E-state index contributed by atoms with van der Waals surface area (Å²) in [4.78, 5) is 23.2. The fourth-order valence-corrected chi connectivity index (χ4v) is 5.30. The molecule has 3 aromatic rings. The third-order valence-electron chi connectivity index (χ3n) is 8.03. The molecule has 2 aliphatic heterocycles. The van der Waals surface area contributed by atoms with Crippen molar-refractivity contribution in [3.63, 3.8) is 0 Å². The van der Waals surface area contributed by atoms with E-state index in [2.05, 4.69) is 82.9 Å². The zero-order valence-electron chi connectivity index (χ0n) is 22.5. The molecule has 2 aromatic heterocycles. The summed E-state index contributed by atoms with van der Waals surface area (Å²) in [5.41, 5.74) is 5.12. The Labute approximate surface area is 224 Å². The van der Waals surface area contributed by atoms with Crippen LogP contribution >= 0.6 is 0 Å². The van der Waals surface area contributed by atoms with Crippen LogP contribution in [0.2, 0.25) is 0 Å². The Hall–Kier alpha value is -3.58. The molecule has 3 aliphatic rings. The summed E-state index contributed by atoms with van der Waals surface area (Å²) in [6.07, 6.45) is 10.6. The second kappa shape index (κ2) is 10.3. The van der Waals surface area contributed by atoms with Crippen LogP contribution in [0.1, 0.15) is 52.0 Å². The predicted octanol–water partition coefficient (Wildman–Crippen LogP) is 5.71. The van der Waals surface area contributed by atoms with Crippen LogP contribution in [-0.4, -0.2) is 47.0 Å². The second-order valence-electron chi connectivity index (χ2n) is 11.5. The number of hydrogen-bond donors (Lipinski definition) is 3. The van der Waals surface area contributed by atoms with Crippen LogP contribution in [0.25, 0.3) is 22.3 Å². The first-order valence-corrected chi connectivity index (χ1v) is 13.9. The molecule has 2 unspecified atom stereocenters. The number of aliphatic imine (C=N–C) groups is 3. The molecular formula is C31H37N7. The lowest BCUT2D eigenvalue weighted by atomic mass is 9.80. The van der Waals surface area contributed by atoms with Crippen molar-refractivity contribution in [2.45, 2.75) is 52.5 Å². The van der Waals surface area contributed by atoms with Gasteiger partial charge in [-0.15, -0.1) is 0 Å². The van der Waals surface area contributed by atoms with Gasteiger partial charge in [0.15, 0.2) is 0 Å². The SMILES string of the molecule is CC1C(=NC2CCNCC2(C)C)N=C(c2ccnc3[nH]c(-c4ccccc4)cc23)N/C1=C/N=CCC1CC1. The first kappa shape index (κ1) is 24.7.